The van der Waals surface area contributed by atoms with Gasteiger partial charge in [-0.1, -0.05) is 11.6 Å². The summed E-state index contributed by atoms with van der Waals surface area (Å²) in [5.41, 5.74) is 11.9. The zero-order chi connectivity index (χ0) is 21.3. The van der Waals surface area contributed by atoms with Gasteiger partial charge in [0.1, 0.15) is 0 Å². The molecule has 10 heteroatoms. The summed E-state index contributed by atoms with van der Waals surface area (Å²) in [5.74, 6) is 2.78. The van der Waals surface area contributed by atoms with E-state index in [0.717, 1.165) is 17.1 Å². The van der Waals surface area contributed by atoms with Gasteiger partial charge in [0.25, 0.3) is 0 Å². The van der Waals surface area contributed by atoms with Crippen LogP contribution in [0.25, 0.3) is 16.7 Å². The zero-order valence-electron chi connectivity index (χ0n) is 15.2. The van der Waals surface area contributed by atoms with E-state index in [1.54, 1.807) is 19.1 Å². The minimum atomic E-state index is -1.20. The van der Waals surface area contributed by atoms with E-state index in [1.807, 2.05) is 0 Å². The van der Waals surface area contributed by atoms with Crippen molar-refractivity contribution >= 4 is 45.6 Å². The Bertz CT molecular complexity index is 1130. The van der Waals surface area contributed by atoms with E-state index >= 15 is 0 Å². The van der Waals surface area contributed by atoms with Crippen molar-refractivity contribution in [2.45, 2.75) is 6.92 Å². The smallest absolute Gasteiger partial charge is 0.358 e. The van der Waals surface area contributed by atoms with Crippen molar-refractivity contribution in [2.24, 2.45) is 11.6 Å². The standard InChI is InChI=1S/C19H17ClF2N4O3/c1-2-28-19(27)17(26(25)15-8-13(22)12(21)7-14(15)23)16(24)10-5-9-3-4-29-18(9)11(20)6-10/h3-8H,2,23-25H2,1H3/b17-16+. The number of benzene rings is 2. The van der Waals surface area contributed by atoms with E-state index in [1.165, 1.54) is 12.3 Å². The second kappa shape index (κ2) is 7.98. The number of fused-ring (bicyclic) bond motifs is 1. The number of nitrogen functional groups attached to an aromatic ring is 1. The molecule has 0 aliphatic heterocycles. The van der Waals surface area contributed by atoms with Crippen molar-refractivity contribution in [3.63, 3.8) is 0 Å². The van der Waals surface area contributed by atoms with Gasteiger partial charge in [0.05, 0.1) is 35.0 Å². The molecule has 3 rings (SSSR count). The van der Waals surface area contributed by atoms with Crippen LogP contribution in [-0.2, 0) is 9.53 Å². The highest BCUT2D eigenvalue weighted by atomic mass is 35.5. The van der Waals surface area contributed by atoms with Crippen LogP contribution in [-0.4, -0.2) is 12.6 Å². The predicted octanol–water partition coefficient (Wildman–Crippen LogP) is 3.52. The normalized spacial score (nSPS) is 12.0. The largest absolute Gasteiger partial charge is 0.463 e. The molecule has 0 unspecified atom stereocenters. The SMILES string of the molecule is CCOC(=O)/C(=C(\N)c1cc(Cl)c2occc2c1)N(N)c1cc(F)c(F)cc1N. The van der Waals surface area contributed by atoms with Crippen LogP contribution in [0, 0.1) is 11.6 Å². The number of nitrogens with two attached hydrogens (primary N) is 3. The Morgan fingerprint density at radius 1 is 1.24 bits per heavy atom. The van der Waals surface area contributed by atoms with Gasteiger partial charge >= 0.3 is 5.97 Å². The third-order valence-electron chi connectivity index (χ3n) is 4.11. The Morgan fingerprint density at radius 3 is 2.62 bits per heavy atom. The lowest BCUT2D eigenvalue weighted by Crippen LogP contribution is -2.37. The fourth-order valence-corrected chi connectivity index (χ4v) is 3.02. The summed E-state index contributed by atoms with van der Waals surface area (Å²) in [4.78, 5) is 12.6. The molecular weight excluding hydrogens is 406 g/mol. The first-order valence-electron chi connectivity index (χ1n) is 8.37. The number of hydrogen-bond donors (Lipinski definition) is 3. The number of hydrogen-bond acceptors (Lipinski definition) is 7. The van der Waals surface area contributed by atoms with Gasteiger partial charge in [-0.05, 0) is 25.1 Å². The second-order valence-electron chi connectivity index (χ2n) is 5.97. The van der Waals surface area contributed by atoms with Crippen LogP contribution in [0.2, 0.25) is 5.02 Å². The first-order valence-corrected chi connectivity index (χ1v) is 8.75. The number of furan rings is 1. The highest BCUT2D eigenvalue weighted by molar-refractivity contribution is 6.35. The molecule has 1 heterocycles. The quantitative estimate of drug-likeness (QED) is 0.189. The monoisotopic (exact) mass is 422 g/mol. The summed E-state index contributed by atoms with van der Waals surface area (Å²) >= 11 is 6.21. The number of anilines is 2. The summed E-state index contributed by atoms with van der Waals surface area (Å²) in [5, 5.41) is 1.64. The van der Waals surface area contributed by atoms with E-state index in [4.69, 9.17) is 38.1 Å². The number of ether oxygens (including phenoxy) is 1. The molecule has 0 fully saturated rings. The van der Waals surface area contributed by atoms with Crippen molar-refractivity contribution in [3.05, 3.63) is 64.5 Å². The summed E-state index contributed by atoms with van der Waals surface area (Å²) in [6.07, 6.45) is 1.45. The molecule has 29 heavy (non-hydrogen) atoms. The van der Waals surface area contributed by atoms with Crippen LogP contribution in [0.3, 0.4) is 0 Å². The van der Waals surface area contributed by atoms with Gasteiger partial charge < -0.3 is 20.6 Å². The third kappa shape index (κ3) is 3.82. The Morgan fingerprint density at radius 2 is 1.93 bits per heavy atom. The van der Waals surface area contributed by atoms with Crippen molar-refractivity contribution in [2.75, 3.05) is 17.3 Å². The summed E-state index contributed by atoms with van der Waals surface area (Å²) in [6.45, 7) is 1.62. The van der Waals surface area contributed by atoms with Crippen LogP contribution in [0.5, 0.6) is 0 Å². The van der Waals surface area contributed by atoms with Crippen molar-refractivity contribution in [3.8, 4) is 0 Å². The van der Waals surface area contributed by atoms with Crippen LogP contribution in [0.15, 0.2) is 46.7 Å². The maximum Gasteiger partial charge on any atom is 0.358 e. The first kappa shape index (κ1) is 20.4. The lowest BCUT2D eigenvalue weighted by Gasteiger charge is -2.24. The van der Waals surface area contributed by atoms with E-state index in [0.29, 0.717) is 16.5 Å². The lowest BCUT2D eigenvalue weighted by atomic mass is 10.1. The van der Waals surface area contributed by atoms with Gasteiger partial charge in [-0.2, -0.15) is 0 Å². The van der Waals surface area contributed by atoms with Crippen LogP contribution in [0.1, 0.15) is 12.5 Å². The molecule has 6 N–H and O–H groups in total. The molecule has 1 aromatic heterocycles. The fourth-order valence-electron chi connectivity index (χ4n) is 2.75. The topological polar surface area (TPSA) is 121 Å². The molecule has 0 bridgehead atoms. The zero-order valence-corrected chi connectivity index (χ0v) is 16.0. The van der Waals surface area contributed by atoms with Crippen LogP contribution in [0.4, 0.5) is 20.2 Å². The fraction of sp³-hybridized carbons (Fsp3) is 0.105. The van der Waals surface area contributed by atoms with E-state index in [9.17, 15) is 13.6 Å². The predicted molar refractivity (Wildman–Crippen MR) is 106 cm³/mol. The Kier molecular flexibility index (Phi) is 5.62. The molecule has 152 valence electrons. The Labute approximate surface area is 169 Å². The molecule has 7 nitrogen and oxygen atoms in total. The van der Waals surface area contributed by atoms with Crippen LogP contribution < -0.4 is 22.3 Å². The van der Waals surface area contributed by atoms with Gasteiger partial charge in [0, 0.05) is 23.1 Å². The summed E-state index contributed by atoms with van der Waals surface area (Å²) in [6, 6.07) is 6.27. The number of carbonyl (C=O) groups is 1. The summed E-state index contributed by atoms with van der Waals surface area (Å²) < 4.78 is 37.5. The van der Waals surface area contributed by atoms with Gasteiger partial charge in [0.2, 0.25) is 0 Å². The Hall–Kier alpha value is -3.30. The molecule has 0 aliphatic rings. The Balaban J connectivity index is 2.20. The highest BCUT2D eigenvalue weighted by Gasteiger charge is 2.25. The molecule has 0 spiro atoms. The van der Waals surface area contributed by atoms with E-state index in [-0.39, 0.29) is 34.4 Å². The van der Waals surface area contributed by atoms with Crippen molar-refractivity contribution in [1.29, 1.82) is 0 Å². The van der Waals surface area contributed by atoms with Gasteiger partial charge in [-0.15, -0.1) is 0 Å². The summed E-state index contributed by atoms with van der Waals surface area (Å²) in [7, 11) is 0. The molecule has 0 aliphatic carbocycles. The minimum absolute atomic E-state index is 0.0260. The van der Waals surface area contributed by atoms with Crippen molar-refractivity contribution in [1.82, 2.24) is 0 Å². The molecule has 0 atom stereocenters. The second-order valence-corrected chi connectivity index (χ2v) is 6.38. The number of rotatable bonds is 5. The molecule has 2 aromatic carbocycles. The highest BCUT2D eigenvalue weighted by Crippen LogP contribution is 2.32. The number of halogens is 3. The maximum absolute atomic E-state index is 13.7. The van der Waals surface area contributed by atoms with E-state index < -0.39 is 17.6 Å². The van der Waals surface area contributed by atoms with Crippen molar-refractivity contribution < 1.29 is 22.7 Å². The molecule has 0 saturated heterocycles. The molecule has 0 amide bonds. The average molecular weight is 423 g/mol. The van der Waals surface area contributed by atoms with Gasteiger partial charge in [0.15, 0.2) is 22.9 Å². The third-order valence-corrected chi connectivity index (χ3v) is 4.39. The van der Waals surface area contributed by atoms with E-state index in [2.05, 4.69) is 0 Å². The first-order chi connectivity index (χ1) is 13.7. The number of esters is 1. The average Bonchev–Trinajstić information content (AvgIpc) is 3.14. The van der Waals surface area contributed by atoms with Gasteiger partial charge in [-0.25, -0.2) is 19.4 Å². The molecular formula is C19H17ClF2N4O3. The van der Waals surface area contributed by atoms with Gasteiger partial charge in [-0.3, -0.25) is 5.01 Å². The molecule has 0 saturated carbocycles. The lowest BCUT2D eigenvalue weighted by molar-refractivity contribution is -0.138. The maximum atomic E-state index is 13.7. The van der Waals surface area contributed by atoms with Crippen LogP contribution >= 0.6 is 11.6 Å². The molecule has 0 radical (unpaired) electrons. The number of hydrazine groups is 1. The number of carbonyl (C=O) groups excluding carboxylic acids is 1. The molecule has 3 aromatic rings. The minimum Gasteiger partial charge on any atom is -0.463 e. The number of nitrogens with zero attached hydrogens (tertiary/aromatic N) is 1.